The maximum Gasteiger partial charge on any atom is 0.416 e. The number of para-hydroxylation sites is 1. The number of pyridine rings is 1. The lowest BCUT2D eigenvalue weighted by Crippen LogP contribution is -2.67. The number of hydrogen-bond acceptors (Lipinski definition) is 2. The third-order valence-corrected chi connectivity index (χ3v) is 8.27. The van der Waals surface area contributed by atoms with Gasteiger partial charge in [-0.1, -0.05) is 30.3 Å². The second kappa shape index (κ2) is 9.13. The number of piperidine rings is 3. The fourth-order valence-corrected chi connectivity index (χ4v) is 6.46. The topological polar surface area (TPSA) is 33.1 Å². The van der Waals surface area contributed by atoms with Crippen molar-refractivity contribution in [3.63, 3.8) is 0 Å². The Morgan fingerprint density at radius 3 is 2.51 bits per heavy atom. The van der Waals surface area contributed by atoms with E-state index < -0.39 is 35.6 Å². The highest BCUT2D eigenvalue weighted by Crippen LogP contribution is 2.49. The van der Waals surface area contributed by atoms with Crippen molar-refractivity contribution in [2.75, 3.05) is 13.1 Å². The number of aliphatic hydroxyl groups is 1. The van der Waals surface area contributed by atoms with Gasteiger partial charge in [0.05, 0.1) is 29.7 Å². The van der Waals surface area contributed by atoms with Crippen LogP contribution >= 0.6 is 0 Å². The molecule has 1 N–H and O–H groups in total. The van der Waals surface area contributed by atoms with Crippen molar-refractivity contribution in [1.82, 2.24) is 4.98 Å². The molecular weight excluding hydrogens is 494 g/mol. The molecule has 4 heterocycles. The molecule has 3 fully saturated rings. The zero-order valence-electron chi connectivity index (χ0n) is 19.9. The molecule has 196 valence electrons. The fraction of sp³-hybridized carbons (Fsp3) is 0.393. The summed E-state index contributed by atoms with van der Waals surface area (Å²) in [6.45, 7) is 4.79. The molecule has 3 aliphatic heterocycles. The minimum atomic E-state index is -4.95. The molecule has 0 aliphatic carbocycles. The van der Waals surface area contributed by atoms with Crippen LogP contribution in [0.5, 0.6) is 0 Å². The fourth-order valence-electron chi connectivity index (χ4n) is 6.46. The first-order valence-electron chi connectivity index (χ1n) is 12.2. The molecule has 5 atom stereocenters. The van der Waals surface area contributed by atoms with Crippen molar-refractivity contribution in [2.24, 2.45) is 11.8 Å². The summed E-state index contributed by atoms with van der Waals surface area (Å²) < 4.78 is 81.9. The van der Waals surface area contributed by atoms with E-state index in [2.05, 4.69) is 11.6 Å². The zero-order valence-corrected chi connectivity index (χ0v) is 19.9. The molecule has 2 bridgehead atoms. The lowest BCUT2D eigenvalue weighted by atomic mass is 9.71. The van der Waals surface area contributed by atoms with Crippen LogP contribution in [0.15, 0.2) is 67.4 Å². The number of quaternary nitrogens is 1. The molecule has 3 saturated heterocycles. The number of halogens is 6. The lowest BCUT2D eigenvalue weighted by molar-refractivity contribution is -0.985. The number of hydrogen-bond donors (Lipinski definition) is 1. The van der Waals surface area contributed by atoms with Gasteiger partial charge >= 0.3 is 12.4 Å². The van der Waals surface area contributed by atoms with Gasteiger partial charge in [-0.05, 0) is 35.7 Å². The Balaban J connectivity index is 1.59. The van der Waals surface area contributed by atoms with E-state index in [0.717, 1.165) is 17.9 Å². The molecule has 0 saturated carbocycles. The minimum Gasteiger partial charge on any atom is -0.382 e. The summed E-state index contributed by atoms with van der Waals surface area (Å²) in [7, 11) is 0. The molecule has 0 amide bonds. The third-order valence-electron chi connectivity index (χ3n) is 8.27. The van der Waals surface area contributed by atoms with E-state index in [4.69, 9.17) is 0 Å². The Morgan fingerprint density at radius 2 is 1.81 bits per heavy atom. The van der Waals surface area contributed by atoms with Gasteiger partial charge in [0.15, 0.2) is 0 Å². The first-order chi connectivity index (χ1) is 17.4. The highest BCUT2D eigenvalue weighted by molar-refractivity contribution is 5.82. The largest absolute Gasteiger partial charge is 0.416 e. The number of aliphatic hydroxyl groups excluding tert-OH is 1. The van der Waals surface area contributed by atoms with E-state index in [0.29, 0.717) is 36.7 Å². The van der Waals surface area contributed by atoms with Crippen molar-refractivity contribution in [1.29, 1.82) is 0 Å². The number of alkyl halides is 6. The molecule has 0 spiro atoms. The number of nitrogens with zero attached hydrogens (tertiary/aromatic N) is 2. The van der Waals surface area contributed by atoms with E-state index in [9.17, 15) is 31.4 Å². The van der Waals surface area contributed by atoms with Crippen LogP contribution in [0.3, 0.4) is 0 Å². The summed E-state index contributed by atoms with van der Waals surface area (Å²) in [5.74, 6) is 0.287. The maximum absolute atomic E-state index is 14.0. The van der Waals surface area contributed by atoms with Crippen LogP contribution in [0.2, 0.25) is 0 Å². The predicted molar refractivity (Wildman–Crippen MR) is 127 cm³/mol. The van der Waals surface area contributed by atoms with E-state index in [1.807, 2.05) is 30.3 Å². The maximum atomic E-state index is 14.0. The molecule has 1 aromatic heterocycles. The molecule has 3 nitrogen and oxygen atoms in total. The highest BCUT2D eigenvalue weighted by Gasteiger charge is 2.54. The smallest absolute Gasteiger partial charge is 0.382 e. The second-order valence-electron chi connectivity index (χ2n) is 10.3. The van der Waals surface area contributed by atoms with Gasteiger partial charge in [0.25, 0.3) is 0 Å². The number of rotatable bonds is 5. The Hall–Kier alpha value is -2.91. The Bertz CT molecular complexity index is 1310. The van der Waals surface area contributed by atoms with Crippen LogP contribution in [-0.4, -0.2) is 33.7 Å². The number of fused-ring (bicyclic) bond motifs is 4. The van der Waals surface area contributed by atoms with E-state index in [-0.39, 0.29) is 34.5 Å². The van der Waals surface area contributed by atoms with Gasteiger partial charge in [-0.15, -0.1) is 6.58 Å². The quantitative estimate of drug-likeness (QED) is 0.225. The molecule has 0 radical (unpaired) electrons. The third kappa shape index (κ3) is 4.63. The van der Waals surface area contributed by atoms with E-state index in [1.165, 1.54) is 0 Å². The monoisotopic (exact) mass is 521 g/mol. The Morgan fingerprint density at radius 1 is 1.05 bits per heavy atom. The first kappa shape index (κ1) is 25.7. The molecule has 2 aromatic carbocycles. The predicted octanol–water partition coefficient (Wildman–Crippen LogP) is 6.92. The van der Waals surface area contributed by atoms with Crippen molar-refractivity contribution < 1.29 is 35.9 Å². The standard InChI is InChI=1S/C28H27F6N2O/c1-2-17-15-36(16-19-7-8-20(27(29,30)31)14-23(19)28(32,33)34)12-10-18(17)13-25(36)26(37)22-9-11-35-24-6-4-3-5-21(22)24/h2-9,11,14,17-18,25-26,37H,1,10,12-13,15-16H2/q+1/t17-,18-,25+,26-,36-/m0/s1. The average molecular weight is 522 g/mol. The Kier molecular flexibility index (Phi) is 6.35. The van der Waals surface area contributed by atoms with Crippen LogP contribution in [0.25, 0.3) is 10.9 Å². The van der Waals surface area contributed by atoms with Gasteiger partial charge in [0.2, 0.25) is 0 Å². The van der Waals surface area contributed by atoms with Crippen LogP contribution in [0.4, 0.5) is 26.3 Å². The molecular formula is C28H27F6N2O+. The summed E-state index contributed by atoms with van der Waals surface area (Å²) in [5, 5.41) is 12.5. The lowest BCUT2D eigenvalue weighted by Gasteiger charge is -2.58. The molecule has 0 unspecified atom stereocenters. The van der Waals surface area contributed by atoms with Crippen LogP contribution < -0.4 is 0 Å². The van der Waals surface area contributed by atoms with Gasteiger partial charge in [0.1, 0.15) is 18.7 Å². The van der Waals surface area contributed by atoms with Crippen molar-refractivity contribution in [3.05, 3.63) is 89.6 Å². The SMILES string of the molecule is C=C[C@H]1C[N@+]2(Cc3ccc(C(F)(F)F)cc3C(F)(F)F)CC[C@H]1C[C@@H]2[C@@H](O)c1ccnc2ccccc12. The zero-order chi connectivity index (χ0) is 26.6. The molecule has 9 heteroatoms. The molecule has 6 rings (SSSR count). The van der Waals surface area contributed by atoms with Crippen LogP contribution in [-0.2, 0) is 18.9 Å². The summed E-state index contributed by atoms with van der Waals surface area (Å²) in [4.78, 5) is 4.35. The van der Waals surface area contributed by atoms with Gasteiger partial charge in [-0.2, -0.15) is 26.3 Å². The van der Waals surface area contributed by atoms with Crippen molar-refractivity contribution >= 4 is 10.9 Å². The highest BCUT2D eigenvalue weighted by atomic mass is 19.4. The van der Waals surface area contributed by atoms with Gasteiger partial charge in [0, 0.05) is 35.9 Å². The average Bonchev–Trinajstić information content (AvgIpc) is 2.86. The number of aromatic nitrogens is 1. The molecule has 37 heavy (non-hydrogen) atoms. The Labute approximate surface area is 210 Å². The van der Waals surface area contributed by atoms with Gasteiger partial charge < -0.3 is 9.59 Å². The van der Waals surface area contributed by atoms with Crippen LogP contribution in [0, 0.1) is 11.8 Å². The summed E-state index contributed by atoms with van der Waals surface area (Å²) >= 11 is 0. The number of benzene rings is 2. The van der Waals surface area contributed by atoms with E-state index in [1.54, 1.807) is 12.3 Å². The summed E-state index contributed by atoms with van der Waals surface area (Å²) in [6.07, 6.45) is -6.06. The van der Waals surface area contributed by atoms with Gasteiger partial charge in [-0.25, -0.2) is 0 Å². The van der Waals surface area contributed by atoms with E-state index >= 15 is 0 Å². The first-order valence-corrected chi connectivity index (χ1v) is 12.2. The summed E-state index contributed by atoms with van der Waals surface area (Å²) in [6, 6.07) is 10.5. The second-order valence-corrected chi connectivity index (χ2v) is 10.3. The minimum absolute atomic E-state index is 0.0511. The van der Waals surface area contributed by atoms with Crippen molar-refractivity contribution in [2.45, 2.75) is 43.9 Å². The van der Waals surface area contributed by atoms with Crippen molar-refractivity contribution in [3.8, 4) is 0 Å². The van der Waals surface area contributed by atoms with Gasteiger partial charge in [-0.3, -0.25) is 4.98 Å². The normalized spacial score (nSPS) is 26.8. The molecule has 3 aliphatic rings. The molecule has 3 aromatic rings. The summed E-state index contributed by atoms with van der Waals surface area (Å²) in [5.41, 5.74) is -1.45. The van der Waals surface area contributed by atoms with Crippen LogP contribution in [0.1, 0.15) is 41.2 Å².